The van der Waals surface area contributed by atoms with Gasteiger partial charge in [0.05, 0.1) is 17.9 Å². The lowest BCUT2D eigenvalue weighted by molar-refractivity contribution is -0.138. The molecule has 2 heterocycles. The highest BCUT2D eigenvalue weighted by molar-refractivity contribution is 6.05. The second-order valence-corrected chi connectivity index (χ2v) is 8.92. The van der Waals surface area contributed by atoms with Crippen molar-refractivity contribution >= 4 is 28.8 Å². The van der Waals surface area contributed by atoms with Crippen molar-refractivity contribution < 1.29 is 37.3 Å². The first-order valence-electron chi connectivity index (χ1n) is 11.3. The monoisotopic (exact) mass is 488 g/mol. The number of carbonyl (C=O) groups excluding carboxylic acids is 2. The maximum absolute atomic E-state index is 13.2. The summed E-state index contributed by atoms with van der Waals surface area (Å²) in [6.07, 6.45) is -0.349. The van der Waals surface area contributed by atoms with Crippen LogP contribution in [-0.4, -0.2) is 42.3 Å². The number of amides is 2. The van der Waals surface area contributed by atoms with Crippen molar-refractivity contribution in [2.75, 3.05) is 30.0 Å². The second-order valence-electron chi connectivity index (χ2n) is 8.92. The number of hydrogen-bond donors (Lipinski definition) is 2. The van der Waals surface area contributed by atoms with Crippen molar-refractivity contribution in [3.63, 3.8) is 0 Å². The molecule has 2 amide bonds. The molecule has 2 N–H and O–H groups in total. The van der Waals surface area contributed by atoms with Crippen molar-refractivity contribution in [2.24, 2.45) is 0 Å². The van der Waals surface area contributed by atoms with Crippen LogP contribution >= 0.6 is 0 Å². The maximum Gasteiger partial charge on any atom is 0.416 e. The number of hydrogen-bond acceptors (Lipinski definition) is 5. The third-order valence-electron chi connectivity index (χ3n) is 6.56. The molecule has 1 fully saturated rings. The average molecular weight is 488 g/mol. The molecule has 1 spiro atoms. The smallest absolute Gasteiger partial charge is 0.416 e. The molecular formula is C25H23F3N2O5. The Morgan fingerprint density at radius 1 is 1.17 bits per heavy atom. The van der Waals surface area contributed by atoms with Gasteiger partial charge in [-0.15, -0.1) is 0 Å². The van der Waals surface area contributed by atoms with Gasteiger partial charge in [0.1, 0.15) is 17.1 Å². The van der Waals surface area contributed by atoms with Gasteiger partial charge in [-0.2, -0.15) is 13.2 Å². The molecule has 5 rings (SSSR count). The third-order valence-corrected chi connectivity index (χ3v) is 6.56. The summed E-state index contributed by atoms with van der Waals surface area (Å²) in [5.74, 6) is -0.173. The van der Waals surface area contributed by atoms with Gasteiger partial charge in [0, 0.05) is 30.3 Å². The number of ether oxygens (including phenoxy) is 2. The molecule has 10 heteroatoms. The Labute approximate surface area is 199 Å². The van der Waals surface area contributed by atoms with Gasteiger partial charge in [0.15, 0.2) is 6.61 Å². The van der Waals surface area contributed by atoms with Crippen LogP contribution < -0.4 is 19.7 Å². The van der Waals surface area contributed by atoms with Crippen LogP contribution in [0.4, 0.5) is 24.5 Å². The fourth-order valence-corrected chi connectivity index (χ4v) is 4.70. The fraction of sp³-hybridized carbons (Fsp3) is 0.360. The predicted octanol–water partition coefficient (Wildman–Crippen LogP) is 4.15. The van der Waals surface area contributed by atoms with E-state index in [1.165, 1.54) is 17.0 Å². The number of nitrogens with one attached hydrogen (secondary N) is 1. The topological polar surface area (TPSA) is 88.1 Å². The number of β-amino-alcohol motifs (C(OH)–C–C–N with tert-alkyl or cyclic N) is 1. The van der Waals surface area contributed by atoms with Gasteiger partial charge >= 0.3 is 6.18 Å². The van der Waals surface area contributed by atoms with E-state index in [-0.39, 0.29) is 31.4 Å². The summed E-state index contributed by atoms with van der Waals surface area (Å²) in [7, 11) is 0. The number of benzene rings is 2. The molecule has 3 aliphatic rings. The van der Waals surface area contributed by atoms with E-state index < -0.39 is 23.2 Å². The molecule has 0 radical (unpaired) electrons. The van der Waals surface area contributed by atoms with E-state index in [0.717, 1.165) is 18.6 Å². The van der Waals surface area contributed by atoms with Gasteiger partial charge in [-0.25, -0.2) is 0 Å². The molecule has 1 saturated carbocycles. The van der Waals surface area contributed by atoms with Crippen LogP contribution in [0.1, 0.15) is 36.8 Å². The van der Waals surface area contributed by atoms with Crippen LogP contribution in [0.25, 0.3) is 5.57 Å². The number of aliphatic hydroxyl groups is 1. The minimum atomic E-state index is -4.49. The Morgan fingerprint density at radius 2 is 1.97 bits per heavy atom. The van der Waals surface area contributed by atoms with Crippen LogP contribution in [-0.2, 0) is 15.8 Å². The molecule has 2 aliphatic heterocycles. The van der Waals surface area contributed by atoms with Gasteiger partial charge in [-0.1, -0.05) is 6.07 Å². The Bertz CT molecular complexity index is 1220. The minimum Gasteiger partial charge on any atom is -0.486 e. The molecule has 0 bridgehead atoms. The largest absolute Gasteiger partial charge is 0.486 e. The Hall–Kier alpha value is -3.53. The molecule has 0 aromatic heterocycles. The highest BCUT2D eigenvalue weighted by Gasteiger charge is 2.44. The second kappa shape index (κ2) is 8.60. The van der Waals surface area contributed by atoms with Crippen molar-refractivity contribution in [3.05, 3.63) is 53.6 Å². The van der Waals surface area contributed by atoms with E-state index in [2.05, 4.69) is 5.32 Å². The first-order chi connectivity index (χ1) is 16.7. The van der Waals surface area contributed by atoms with Gasteiger partial charge in [-0.3, -0.25) is 9.59 Å². The van der Waals surface area contributed by atoms with Crippen molar-refractivity contribution in [2.45, 2.75) is 37.5 Å². The van der Waals surface area contributed by atoms with E-state index in [1.807, 2.05) is 0 Å². The number of rotatable bonds is 4. The van der Waals surface area contributed by atoms with Crippen molar-refractivity contribution in [1.82, 2.24) is 0 Å². The van der Waals surface area contributed by atoms with E-state index in [4.69, 9.17) is 9.47 Å². The van der Waals surface area contributed by atoms with Crippen molar-refractivity contribution in [1.29, 1.82) is 0 Å². The van der Waals surface area contributed by atoms with E-state index in [1.54, 1.807) is 18.2 Å². The zero-order valence-corrected chi connectivity index (χ0v) is 18.7. The third kappa shape index (κ3) is 4.45. The Balaban J connectivity index is 1.42. The number of halogens is 3. The SMILES string of the molecule is O=C(C=C1CC2(CCC2)Oc2cc(C(F)(F)F)ccc21)Nc1ccc2c(c1)N(CCO)C(=O)CO2. The van der Waals surface area contributed by atoms with E-state index in [0.29, 0.717) is 47.5 Å². The fourth-order valence-electron chi connectivity index (χ4n) is 4.70. The van der Waals surface area contributed by atoms with Crippen LogP contribution in [0.2, 0.25) is 0 Å². The molecule has 35 heavy (non-hydrogen) atoms. The summed E-state index contributed by atoms with van der Waals surface area (Å²) in [4.78, 5) is 26.5. The summed E-state index contributed by atoms with van der Waals surface area (Å²) in [5, 5.41) is 12.0. The molecule has 0 unspecified atom stereocenters. The number of anilines is 2. The van der Waals surface area contributed by atoms with Crippen LogP contribution in [0.15, 0.2) is 42.5 Å². The standard InChI is InChI=1S/C25H23F3N2O5/c26-25(27,28)16-2-4-18-15(13-24(6-1-7-24)35-21(18)11-16)10-22(32)29-17-3-5-20-19(12-17)30(8-9-31)23(33)14-34-20/h2-5,10-12,31H,1,6-9,13-14H2,(H,29,32). The summed E-state index contributed by atoms with van der Waals surface area (Å²) in [6.45, 7) is -0.271. The molecule has 184 valence electrons. The van der Waals surface area contributed by atoms with E-state index in [9.17, 15) is 27.9 Å². The number of carbonyl (C=O) groups is 2. The Morgan fingerprint density at radius 3 is 2.66 bits per heavy atom. The van der Waals surface area contributed by atoms with Crippen LogP contribution in [0.3, 0.4) is 0 Å². The molecule has 0 saturated heterocycles. The molecule has 2 aromatic carbocycles. The first-order valence-corrected chi connectivity index (χ1v) is 11.3. The normalized spacial score (nSPS) is 19.4. The highest BCUT2D eigenvalue weighted by atomic mass is 19.4. The lowest BCUT2D eigenvalue weighted by Gasteiger charge is -2.46. The van der Waals surface area contributed by atoms with Crippen LogP contribution in [0.5, 0.6) is 11.5 Å². The van der Waals surface area contributed by atoms with Gasteiger partial charge in [-0.05, 0) is 55.2 Å². The predicted molar refractivity (Wildman–Crippen MR) is 121 cm³/mol. The molecule has 0 atom stereocenters. The average Bonchev–Trinajstić information content (AvgIpc) is 2.79. The molecule has 1 aliphatic carbocycles. The number of aliphatic hydroxyl groups excluding tert-OH is 1. The first kappa shape index (κ1) is 23.2. The summed E-state index contributed by atoms with van der Waals surface area (Å²) in [5.41, 5.74) is 0.530. The lowest BCUT2D eigenvalue weighted by atomic mass is 9.72. The molecule has 7 nitrogen and oxygen atoms in total. The lowest BCUT2D eigenvalue weighted by Crippen LogP contribution is -2.45. The quantitative estimate of drug-likeness (QED) is 0.632. The number of fused-ring (bicyclic) bond motifs is 2. The maximum atomic E-state index is 13.2. The van der Waals surface area contributed by atoms with Gasteiger partial charge < -0.3 is 24.8 Å². The van der Waals surface area contributed by atoms with Gasteiger partial charge in [0.25, 0.3) is 5.91 Å². The van der Waals surface area contributed by atoms with Gasteiger partial charge in [0.2, 0.25) is 5.91 Å². The summed E-state index contributed by atoms with van der Waals surface area (Å²) in [6, 6.07) is 8.17. The van der Waals surface area contributed by atoms with E-state index >= 15 is 0 Å². The molecule has 2 aromatic rings. The summed E-state index contributed by atoms with van der Waals surface area (Å²) >= 11 is 0. The highest BCUT2D eigenvalue weighted by Crippen LogP contribution is 2.50. The number of alkyl halides is 3. The van der Waals surface area contributed by atoms with Crippen LogP contribution in [0, 0.1) is 0 Å². The number of nitrogens with zero attached hydrogens (tertiary/aromatic N) is 1. The minimum absolute atomic E-state index is 0.0927. The summed E-state index contributed by atoms with van der Waals surface area (Å²) < 4.78 is 51.1. The van der Waals surface area contributed by atoms with Crippen molar-refractivity contribution in [3.8, 4) is 11.5 Å². The Kier molecular flexibility index (Phi) is 5.71. The zero-order valence-electron chi connectivity index (χ0n) is 18.7. The molecular weight excluding hydrogens is 465 g/mol. The zero-order chi connectivity index (χ0) is 24.8.